The van der Waals surface area contributed by atoms with Gasteiger partial charge >= 0.3 is 17.5 Å². The first-order chi connectivity index (χ1) is 20.5. The van der Waals surface area contributed by atoms with Crippen molar-refractivity contribution in [1.29, 1.82) is 0 Å². The van der Waals surface area contributed by atoms with Crippen molar-refractivity contribution in [2.45, 2.75) is 61.1 Å². The van der Waals surface area contributed by atoms with E-state index in [0.29, 0.717) is 22.9 Å². The van der Waals surface area contributed by atoms with E-state index in [4.69, 9.17) is 5.11 Å². The normalized spacial score (nSPS) is 14.5. The van der Waals surface area contributed by atoms with Crippen LogP contribution in [0.3, 0.4) is 0 Å². The Hall–Kier alpha value is -4.03. The van der Waals surface area contributed by atoms with E-state index in [1.807, 2.05) is 24.3 Å². The standard InChI is InChI=1S/C31H32F3N3O5S/c32-31(33,34)43-26-16-12-24(13-17-26)36-30(42)37(25-14-10-22(11-15-25)21-4-2-1-3-5-21)19-20-6-8-23(9-7-20)28(39)35-18-27(38)29(40)41/h6-17,21,27,38H,1-5,18-19H2,(H,35,39)(H,36,42)(H,40,41). The van der Waals surface area contributed by atoms with Crippen molar-refractivity contribution in [2.24, 2.45) is 0 Å². The van der Waals surface area contributed by atoms with Crippen molar-refractivity contribution in [3.8, 4) is 0 Å². The number of anilines is 2. The molecule has 4 N–H and O–H groups in total. The third-order valence-electron chi connectivity index (χ3n) is 7.16. The van der Waals surface area contributed by atoms with Crippen molar-refractivity contribution in [2.75, 3.05) is 16.8 Å². The van der Waals surface area contributed by atoms with Crippen LogP contribution in [0.2, 0.25) is 0 Å². The number of rotatable bonds is 10. The molecule has 1 atom stereocenters. The Labute approximate surface area is 251 Å². The van der Waals surface area contributed by atoms with Gasteiger partial charge in [0.2, 0.25) is 0 Å². The molecule has 1 unspecified atom stereocenters. The van der Waals surface area contributed by atoms with E-state index >= 15 is 0 Å². The summed E-state index contributed by atoms with van der Waals surface area (Å²) in [6.45, 7) is -0.327. The summed E-state index contributed by atoms with van der Waals surface area (Å²) in [5, 5.41) is 23.3. The maximum absolute atomic E-state index is 13.5. The molecule has 1 aliphatic carbocycles. The van der Waals surface area contributed by atoms with E-state index in [-0.39, 0.29) is 28.8 Å². The maximum Gasteiger partial charge on any atom is 0.446 e. The van der Waals surface area contributed by atoms with Crippen LogP contribution in [-0.4, -0.2) is 46.3 Å². The number of aliphatic hydroxyl groups excluding tert-OH is 1. The van der Waals surface area contributed by atoms with Gasteiger partial charge in [-0.3, -0.25) is 9.69 Å². The van der Waals surface area contributed by atoms with Crippen LogP contribution >= 0.6 is 11.8 Å². The van der Waals surface area contributed by atoms with Gasteiger partial charge in [-0.2, -0.15) is 13.2 Å². The van der Waals surface area contributed by atoms with Gasteiger partial charge in [0.05, 0.1) is 13.1 Å². The SMILES string of the molecule is O=C(NCC(O)C(=O)O)c1ccc(CN(C(=O)Nc2ccc(SC(F)(F)F)cc2)c2ccc(C3CCCCC3)cc2)cc1. The van der Waals surface area contributed by atoms with Crippen molar-refractivity contribution < 1.29 is 37.8 Å². The van der Waals surface area contributed by atoms with Gasteiger partial charge in [-0.25, -0.2) is 9.59 Å². The Balaban J connectivity index is 1.50. The number of hydrogen-bond acceptors (Lipinski definition) is 5. The smallest absolute Gasteiger partial charge is 0.446 e. The molecule has 0 radical (unpaired) electrons. The van der Waals surface area contributed by atoms with Crippen molar-refractivity contribution in [3.63, 3.8) is 0 Å². The van der Waals surface area contributed by atoms with E-state index in [9.17, 15) is 32.7 Å². The molecular weight excluding hydrogens is 583 g/mol. The number of urea groups is 1. The third-order valence-corrected chi connectivity index (χ3v) is 7.90. The number of nitrogens with one attached hydrogen (secondary N) is 2. The number of carboxylic acids is 1. The predicted molar refractivity (Wildman–Crippen MR) is 158 cm³/mol. The largest absolute Gasteiger partial charge is 0.479 e. The number of amides is 3. The first-order valence-corrected chi connectivity index (χ1v) is 14.6. The van der Waals surface area contributed by atoms with Gasteiger partial charge in [0, 0.05) is 21.8 Å². The summed E-state index contributed by atoms with van der Waals surface area (Å²) in [6, 6.07) is 19.1. The van der Waals surface area contributed by atoms with Crippen molar-refractivity contribution >= 4 is 41.0 Å². The van der Waals surface area contributed by atoms with E-state index in [0.717, 1.165) is 12.8 Å². The molecule has 0 aromatic heterocycles. The molecule has 43 heavy (non-hydrogen) atoms. The van der Waals surface area contributed by atoms with Gasteiger partial charge in [0.15, 0.2) is 6.10 Å². The zero-order chi connectivity index (χ0) is 31.0. The van der Waals surface area contributed by atoms with Crippen molar-refractivity contribution in [1.82, 2.24) is 5.32 Å². The lowest BCUT2D eigenvalue weighted by atomic mass is 9.84. The number of thioether (sulfide) groups is 1. The average Bonchev–Trinajstić information content (AvgIpc) is 2.99. The molecule has 0 bridgehead atoms. The Morgan fingerprint density at radius 3 is 2.12 bits per heavy atom. The minimum atomic E-state index is -4.42. The summed E-state index contributed by atoms with van der Waals surface area (Å²) in [5.41, 5.74) is -1.33. The molecule has 0 saturated heterocycles. The number of nitrogens with zero attached hydrogens (tertiary/aromatic N) is 1. The zero-order valence-corrected chi connectivity index (χ0v) is 24.0. The van der Waals surface area contributed by atoms with Crippen LogP contribution in [0.1, 0.15) is 59.5 Å². The van der Waals surface area contributed by atoms with Gasteiger partial charge in [-0.15, -0.1) is 0 Å². The monoisotopic (exact) mass is 615 g/mol. The molecule has 12 heteroatoms. The van der Waals surface area contributed by atoms with E-state index in [2.05, 4.69) is 10.6 Å². The number of carbonyl (C=O) groups excluding carboxylic acids is 2. The van der Waals surface area contributed by atoms with Gasteiger partial charge in [0.1, 0.15) is 0 Å². The van der Waals surface area contributed by atoms with Crippen molar-refractivity contribution in [3.05, 3.63) is 89.5 Å². The van der Waals surface area contributed by atoms with E-state index in [1.54, 1.807) is 12.1 Å². The van der Waals surface area contributed by atoms with Crippen LogP contribution in [0.15, 0.2) is 77.7 Å². The number of halogens is 3. The first kappa shape index (κ1) is 31.9. The topological polar surface area (TPSA) is 119 Å². The summed E-state index contributed by atoms with van der Waals surface area (Å²) in [7, 11) is 0. The van der Waals surface area contributed by atoms with E-state index in [1.165, 1.54) is 66.1 Å². The fourth-order valence-corrected chi connectivity index (χ4v) is 5.44. The van der Waals surface area contributed by atoms with Crippen LogP contribution < -0.4 is 15.5 Å². The third kappa shape index (κ3) is 9.48. The molecule has 0 spiro atoms. The first-order valence-electron chi connectivity index (χ1n) is 13.8. The number of benzene rings is 3. The second kappa shape index (κ2) is 14.4. The summed E-state index contributed by atoms with van der Waals surface area (Å²) >= 11 is -0.235. The molecule has 3 aromatic rings. The van der Waals surface area contributed by atoms with Gasteiger partial charge in [-0.05, 0) is 90.2 Å². The fourth-order valence-electron chi connectivity index (χ4n) is 4.90. The van der Waals surface area contributed by atoms with Crippen LogP contribution in [0.4, 0.5) is 29.3 Å². The minimum Gasteiger partial charge on any atom is -0.479 e. The summed E-state index contributed by atoms with van der Waals surface area (Å²) in [5.74, 6) is -1.53. The number of alkyl halides is 3. The van der Waals surface area contributed by atoms with Crippen LogP contribution in [0.25, 0.3) is 0 Å². The molecule has 0 aliphatic heterocycles. The molecule has 8 nitrogen and oxygen atoms in total. The molecule has 1 fully saturated rings. The van der Waals surface area contributed by atoms with Gasteiger partial charge in [-0.1, -0.05) is 43.5 Å². The molecule has 228 valence electrons. The quantitative estimate of drug-likeness (QED) is 0.187. The van der Waals surface area contributed by atoms with Gasteiger partial charge < -0.3 is 20.8 Å². The van der Waals surface area contributed by atoms with Crippen LogP contribution in [-0.2, 0) is 11.3 Å². The number of aliphatic carboxylic acids is 1. The Bertz CT molecular complexity index is 1390. The lowest BCUT2D eigenvalue weighted by Crippen LogP contribution is -2.36. The Morgan fingerprint density at radius 2 is 1.53 bits per heavy atom. The molecule has 0 heterocycles. The van der Waals surface area contributed by atoms with Gasteiger partial charge in [0.25, 0.3) is 5.91 Å². The maximum atomic E-state index is 13.5. The number of aliphatic hydroxyl groups is 1. The lowest BCUT2D eigenvalue weighted by Gasteiger charge is -2.26. The number of carboxylic acid groups (broad SMARTS) is 1. The fraction of sp³-hybridized carbons (Fsp3) is 0.323. The zero-order valence-electron chi connectivity index (χ0n) is 23.1. The molecule has 3 amide bonds. The predicted octanol–water partition coefficient (Wildman–Crippen LogP) is 6.76. The van der Waals surface area contributed by atoms with E-state index < -0.39 is 36.1 Å². The summed E-state index contributed by atoms with van der Waals surface area (Å²) in [4.78, 5) is 38.1. The minimum absolute atomic E-state index is 0.00209. The molecule has 4 rings (SSSR count). The van der Waals surface area contributed by atoms with Crippen LogP contribution in [0, 0.1) is 0 Å². The Kier molecular flexibility index (Phi) is 10.7. The number of hydrogen-bond donors (Lipinski definition) is 4. The average molecular weight is 616 g/mol. The molecule has 1 aliphatic rings. The molecular formula is C31H32F3N3O5S. The Morgan fingerprint density at radius 1 is 0.907 bits per heavy atom. The summed E-state index contributed by atoms with van der Waals surface area (Å²) < 4.78 is 38.1. The number of carbonyl (C=O) groups is 3. The molecule has 1 saturated carbocycles. The highest BCUT2D eigenvalue weighted by molar-refractivity contribution is 8.00. The molecule has 3 aromatic carbocycles. The second-order valence-electron chi connectivity index (χ2n) is 10.3. The highest BCUT2D eigenvalue weighted by Crippen LogP contribution is 2.37. The lowest BCUT2D eigenvalue weighted by molar-refractivity contribution is -0.146. The highest BCUT2D eigenvalue weighted by atomic mass is 32.2. The highest BCUT2D eigenvalue weighted by Gasteiger charge is 2.29. The summed E-state index contributed by atoms with van der Waals surface area (Å²) in [6.07, 6.45) is 4.15. The second-order valence-corrected chi connectivity index (χ2v) is 11.4. The van der Waals surface area contributed by atoms with Crippen LogP contribution in [0.5, 0.6) is 0 Å².